The fraction of sp³-hybridized carbons (Fsp3) is 0.118. The molecule has 0 aliphatic carbocycles. The van der Waals surface area contributed by atoms with E-state index in [-0.39, 0.29) is 5.92 Å². The second-order valence-corrected chi connectivity index (χ2v) is 11.1. The van der Waals surface area contributed by atoms with Crippen molar-refractivity contribution in [2.24, 2.45) is 4.99 Å². The Bertz CT molecular complexity index is 1560. The summed E-state index contributed by atoms with van der Waals surface area (Å²) in [6, 6.07) is 40.3. The average molecular weight is 593 g/mol. The summed E-state index contributed by atoms with van der Waals surface area (Å²) in [5.41, 5.74) is 6.66. The highest BCUT2D eigenvalue weighted by Crippen LogP contribution is 2.45. The summed E-state index contributed by atoms with van der Waals surface area (Å²) in [5, 5.41) is 6.00. The van der Waals surface area contributed by atoms with Crippen LogP contribution >= 0.6 is 27.5 Å². The lowest BCUT2D eigenvalue weighted by molar-refractivity contribution is 0.431. The van der Waals surface area contributed by atoms with E-state index in [1.165, 1.54) is 0 Å². The first kappa shape index (κ1) is 25.5. The molecule has 0 saturated heterocycles. The van der Waals surface area contributed by atoms with E-state index in [2.05, 4.69) is 136 Å². The first-order chi connectivity index (χ1) is 19.1. The van der Waals surface area contributed by atoms with Gasteiger partial charge in [-0.15, -0.1) is 0 Å². The minimum absolute atomic E-state index is 0.129. The number of nitrogens with zero attached hydrogens (tertiary/aromatic N) is 3. The zero-order chi connectivity index (χ0) is 26.8. The van der Waals surface area contributed by atoms with Gasteiger partial charge in [0.25, 0.3) is 0 Å². The molecule has 0 fully saturated rings. The molecule has 1 unspecified atom stereocenters. The number of hydrogen-bond donors (Lipinski definition) is 0. The first-order valence-corrected chi connectivity index (χ1v) is 14.2. The molecule has 1 atom stereocenters. The molecule has 0 amide bonds. The Kier molecular flexibility index (Phi) is 7.07. The van der Waals surface area contributed by atoms with Gasteiger partial charge in [-0.25, -0.2) is 9.67 Å². The molecule has 0 radical (unpaired) electrons. The van der Waals surface area contributed by atoms with Gasteiger partial charge in [-0.1, -0.05) is 138 Å². The summed E-state index contributed by atoms with van der Waals surface area (Å²) >= 11 is 10.1. The maximum atomic E-state index is 6.46. The van der Waals surface area contributed by atoms with E-state index < -0.39 is 5.54 Å². The van der Waals surface area contributed by atoms with Crippen LogP contribution in [0.1, 0.15) is 47.2 Å². The third-order valence-corrected chi connectivity index (χ3v) is 8.12. The van der Waals surface area contributed by atoms with Crippen LogP contribution in [-0.4, -0.2) is 16.0 Å². The van der Waals surface area contributed by atoms with E-state index in [4.69, 9.17) is 16.7 Å². The molecule has 3 nitrogen and oxygen atoms in total. The summed E-state index contributed by atoms with van der Waals surface area (Å²) in [5.74, 6) is 0.129. The zero-order valence-electron chi connectivity index (χ0n) is 21.5. The van der Waals surface area contributed by atoms with Crippen LogP contribution in [0.4, 0.5) is 0 Å². The molecule has 1 aliphatic rings. The zero-order valence-corrected chi connectivity index (χ0v) is 23.8. The van der Waals surface area contributed by atoms with Crippen molar-refractivity contribution in [3.63, 3.8) is 0 Å². The van der Waals surface area contributed by atoms with Crippen LogP contribution in [0, 0.1) is 0 Å². The highest BCUT2D eigenvalue weighted by molar-refractivity contribution is 9.10. The number of hydrogen-bond acceptors (Lipinski definition) is 2. The van der Waals surface area contributed by atoms with Crippen LogP contribution in [0.25, 0.3) is 11.3 Å². The fourth-order valence-electron chi connectivity index (χ4n) is 5.62. The van der Waals surface area contributed by atoms with Crippen molar-refractivity contribution in [3.05, 3.63) is 159 Å². The van der Waals surface area contributed by atoms with Gasteiger partial charge >= 0.3 is 0 Å². The Labute approximate surface area is 242 Å². The molecule has 0 N–H and O–H groups in total. The number of halogens is 2. The minimum atomic E-state index is -0.729. The van der Waals surface area contributed by atoms with Gasteiger partial charge in [-0.2, -0.15) is 5.10 Å². The van der Waals surface area contributed by atoms with Crippen molar-refractivity contribution in [3.8, 4) is 11.3 Å². The number of benzene rings is 4. The fourth-order valence-corrected chi connectivity index (χ4v) is 6.16. The molecule has 1 aromatic heterocycles. The standard InChI is InChI=1S/C34H27BrClN3/c1-24-20-21-31(36)37-23-30-32(25-12-11-19-29(35)22-25)38-39(33(24)30)34(26-13-5-2-6-14-26,27-15-7-3-8-16-27)28-17-9-4-10-18-28/h2-19,21-24H,20H2,1H3. The number of fused-ring (bicyclic) bond motifs is 1. The maximum absolute atomic E-state index is 6.46. The normalized spacial score (nSPS) is 15.3. The predicted molar refractivity (Wildman–Crippen MR) is 165 cm³/mol. The van der Waals surface area contributed by atoms with Crippen LogP contribution in [0.3, 0.4) is 0 Å². The SMILES string of the molecule is CC1CC=C(Cl)N=Cc2c(-c3cccc(Br)c3)nn(C(c3ccccc3)(c3ccccc3)c3ccccc3)c21. The first-order valence-electron chi connectivity index (χ1n) is 13.0. The minimum Gasteiger partial charge on any atom is -0.248 e. The van der Waals surface area contributed by atoms with Gasteiger partial charge in [-0.3, -0.25) is 0 Å². The predicted octanol–water partition coefficient (Wildman–Crippen LogP) is 9.16. The summed E-state index contributed by atoms with van der Waals surface area (Å²) in [6.45, 7) is 2.24. The monoisotopic (exact) mass is 591 g/mol. The molecule has 39 heavy (non-hydrogen) atoms. The van der Waals surface area contributed by atoms with E-state index in [9.17, 15) is 0 Å². The number of rotatable bonds is 5. The van der Waals surface area contributed by atoms with Crippen LogP contribution in [0.15, 0.2) is 136 Å². The topological polar surface area (TPSA) is 30.2 Å². The lowest BCUT2D eigenvalue weighted by Gasteiger charge is -2.38. The Balaban J connectivity index is 1.79. The second-order valence-electron chi connectivity index (χ2n) is 9.80. The van der Waals surface area contributed by atoms with Gasteiger partial charge in [0.1, 0.15) is 16.4 Å². The van der Waals surface area contributed by atoms with E-state index in [1.54, 1.807) is 0 Å². The van der Waals surface area contributed by atoms with Gasteiger partial charge in [-0.05, 0) is 41.3 Å². The van der Waals surface area contributed by atoms with Crippen LogP contribution in [0.5, 0.6) is 0 Å². The van der Waals surface area contributed by atoms with E-state index >= 15 is 0 Å². The third kappa shape index (κ3) is 4.58. The largest absolute Gasteiger partial charge is 0.248 e. The number of aliphatic imine (C=N–C) groups is 1. The van der Waals surface area contributed by atoms with E-state index in [1.807, 2.05) is 24.4 Å². The smallest absolute Gasteiger partial charge is 0.138 e. The highest BCUT2D eigenvalue weighted by atomic mass is 79.9. The van der Waals surface area contributed by atoms with Crippen molar-refractivity contribution >= 4 is 33.7 Å². The van der Waals surface area contributed by atoms with Gasteiger partial charge in [0, 0.05) is 27.7 Å². The molecule has 0 bridgehead atoms. The van der Waals surface area contributed by atoms with Crippen LogP contribution < -0.4 is 0 Å². The Morgan fingerprint density at radius 1 is 0.795 bits per heavy atom. The molecule has 5 aromatic rings. The number of allylic oxidation sites excluding steroid dienone is 1. The Morgan fingerprint density at radius 2 is 1.36 bits per heavy atom. The van der Waals surface area contributed by atoms with Crippen LogP contribution in [0.2, 0.25) is 0 Å². The number of aromatic nitrogens is 2. The van der Waals surface area contributed by atoms with Crippen molar-refractivity contribution in [1.82, 2.24) is 9.78 Å². The molecule has 4 aromatic carbocycles. The highest BCUT2D eigenvalue weighted by Gasteiger charge is 2.43. The van der Waals surface area contributed by atoms with Gasteiger partial charge in [0.05, 0.1) is 5.69 Å². The molecular weight excluding hydrogens is 566 g/mol. The Morgan fingerprint density at radius 3 is 1.90 bits per heavy atom. The van der Waals surface area contributed by atoms with Gasteiger partial charge in [0.15, 0.2) is 0 Å². The Hall–Kier alpha value is -3.73. The van der Waals surface area contributed by atoms with Gasteiger partial charge < -0.3 is 0 Å². The molecule has 2 heterocycles. The van der Waals surface area contributed by atoms with E-state index in [0.29, 0.717) is 5.16 Å². The summed E-state index contributed by atoms with van der Waals surface area (Å²) < 4.78 is 3.25. The van der Waals surface area contributed by atoms with Crippen molar-refractivity contribution in [2.45, 2.75) is 24.8 Å². The van der Waals surface area contributed by atoms with Crippen molar-refractivity contribution in [2.75, 3.05) is 0 Å². The third-order valence-electron chi connectivity index (χ3n) is 7.37. The summed E-state index contributed by atoms with van der Waals surface area (Å²) in [6.07, 6.45) is 4.63. The maximum Gasteiger partial charge on any atom is 0.138 e. The molecule has 1 aliphatic heterocycles. The molecule has 5 heteroatoms. The lowest BCUT2D eigenvalue weighted by Crippen LogP contribution is -2.40. The van der Waals surface area contributed by atoms with Crippen molar-refractivity contribution in [1.29, 1.82) is 0 Å². The second kappa shape index (κ2) is 10.8. The molecule has 0 spiro atoms. The molecule has 6 rings (SSSR count). The molecule has 0 saturated carbocycles. The summed E-state index contributed by atoms with van der Waals surface area (Å²) in [7, 11) is 0. The molecule has 192 valence electrons. The van der Waals surface area contributed by atoms with Crippen molar-refractivity contribution < 1.29 is 0 Å². The average Bonchev–Trinajstić information content (AvgIpc) is 3.35. The van der Waals surface area contributed by atoms with Gasteiger partial charge in [0.2, 0.25) is 0 Å². The summed E-state index contributed by atoms with van der Waals surface area (Å²) in [4.78, 5) is 4.62. The lowest BCUT2D eigenvalue weighted by atomic mass is 9.76. The quantitative estimate of drug-likeness (QED) is 0.148. The van der Waals surface area contributed by atoms with E-state index in [0.717, 1.165) is 50.1 Å². The van der Waals surface area contributed by atoms with Crippen LogP contribution in [-0.2, 0) is 5.54 Å². The molecular formula is C34H27BrClN3.